The molecule has 10 heteroatoms. The Kier molecular flexibility index (Phi) is 7.61. The summed E-state index contributed by atoms with van der Waals surface area (Å²) in [5, 5.41) is 11.2. The van der Waals surface area contributed by atoms with Gasteiger partial charge in [-0.25, -0.2) is 9.18 Å². The van der Waals surface area contributed by atoms with E-state index in [0.29, 0.717) is 36.6 Å². The monoisotopic (exact) mass is 502 g/mol. The summed E-state index contributed by atoms with van der Waals surface area (Å²) in [7, 11) is 0. The van der Waals surface area contributed by atoms with Crippen LogP contribution in [0.1, 0.15) is 54.7 Å². The summed E-state index contributed by atoms with van der Waals surface area (Å²) < 4.78 is 19.6. The number of nitrogens with zero attached hydrogens (tertiary/aromatic N) is 1. The Balaban J connectivity index is 0.000000271. The highest BCUT2D eigenvalue weighted by molar-refractivity contribution is 7.14. The highest BCUT2D eigenvalue weighted by atomic mass is 32.1. The first-order valence-electron chi connectivity index (χ1n) is 11.6. The SMILES string of the molecule is CC(=O)Oc1cc2c(s1)CCN(C(C(=O)C1CC1)c1ccccc1F)C2.O=C1CCC(C(=O)O)N1. The summed E-state index contributed by atoms with van der Waals surface area (Å²) in [6, 6.07) is 7.25. The number of fused-ring (bicyclic) bond motifs is 1. The zero-order chi connectivity index (χ0) is 25.1. The number of carboxylic acids is 1. The van der Waals surface area contributed by atoms with Gasteiger partial charge in [-0.1, -0.05) is 18.2 Å². The second-order valence-electron chi connectivity index (χ2n) is 8.93. The molecule has 1 aromatic heterocycles. The number of halogens is 1. The number of nitrogens with one attached hydrogen (secondary N) is 1. The smallest absolute Gasteiger partial charge is 0.326 e. The van der Waals surface area contributed by atoms with Gasteiger partial charge in [-0.3, -0.25) is 19.3 Å². The fourth-order valence-corrected chi connectivity index (χ4v) is 5.41. The van der Waals surface area contributed by atoms with Gasteiger partial charge in [0.15, 0.2) is 10.8 Å². The second-order valence-corrected chi connectivity index (χ2v) is 10.0. The fraction of sp³-hybridized carbons (Fsp3) is 0.440. The number of carbonyl (C=O) groups excluding carboxylic acids is 3. The van der Waals surface area contributed by atoms with Crippen LogP contribution in [0.2, 0.25) is 0 Å². The molecule has 5 rings (SSSR count). The Labute approximate surface area is 206 Å². The molecular formula is C25H27FN2O6S. The average Bonchev–Trinajstić information content (AvgIpc) is 3.45. The summed E-state index contributed by atoms with van der Waals surface area (Å²) in [5.74, 6) is -1.60. The van der Waals surface area contributed by atoms with Crippen LogP contribution in [0, 0.1) is 11.7 Å². The molecule has 2 aromatic rings. The molecule has 3 heterocycles. The number of Topliss-reactive ketones (excluding diaryl/α,β-unsaturated/α-hetero) is 1. The molecule has 3 aliphatic rings. The van der Waals surface area contributed by atoms with E-state index in [2.05, 4.69) is 10.2 Å². The molecule has 0 spiro atoms. The Morgan fingerprint density at radius 1 is 1.20 bits per heavy atom. The number of rotatable bonds is 6. The van der Waals surface area contributed by atoms with Crippen LogP contribution in [0.3, 0.4) is 0 Å². The molecule has 2 N–H and O–H groups in total. The Morgan fingerprint density at radius 3 is 2.51 bits per heavy atom. The van der Waals surface area contributed by atoms with Crippen LogP contribution in [-0.2, 0) is 32.1 Å². The van der Waals surface area contributed by atoms with Gasteiger partial charge in [0.1, 0.15) is 11.9 Å². The van der Waals surface area contributed by atoms with Crippen LogP contribution in [0.15, 0.2) is 30.3 Å². The lowest BCUT2D eigenvalue weighted by Gasteiger charge is -2.34. The van der Waals surface area contributed by atoms with Crippen molar-refractivity contribution in [3.05, 3.63) is 52.2 Å². The van der Waals surface area contributed by atoms with Gasteiger partial charge in [-0.05, 0) is 43.4 Å². The highest BCUT2D eigenvalue weighted by Gasteiger charge is 2.40. The molecule has 1 saturated carbocycles. The van der Waals surface area contributed by atoms with E-state index >= 15 is 0 Å². The van der Waals surface area contributed by atoms with Crippen LogP contribution in [0.5, 0.6) is 5.06 Å². The van der Waals surface area contributed by atoms with E-state index in [1.165, 1.54) is 29.2 Å². The summed E-state index contributed by atoms with van der Waals surface area (Å²) in [6.07, 6.45) is 3.34. The lowest BCUT2D eigenvalue weighted by Crippen LogP contribution is -2.38. The first kappa shape index (κ1) is 25.0. The molecule has 35 heavy (non-hydrogen) atoms. The number of carbonyl (C=O) groups is 4. The predicted molar refractivity (Wildman–Crippen MR) is 125 cm³/mol. The van der Waals surface area contributed by atoms with E-state index < -0.39 is 18.1 Å². The van der Waals surface area contributed by atoms with Crippen molar-refractivity contribution in [1.82, 2.24) is 10.2 Å². The van der Waals surface area contributed by atoms with Crippen molar-refractivity contribution in [1.29, 1.82) is 0 Å². The number of hydrogen-bond donors (Lipinski definition) is 2. The van der Waals surface area contributed by atoms with Crippen molar-refractivity contribution >= 4 is 35.0 Å². The minimum Gasteiger partial charge on any atom is -0.480 e. The molecule has 2 aliphatic heterocycles. The minimum absolute atomic E-state index is 0.0556. The Hall–Kier alpha value is -3.11. The van der Waals surface area contributed by atoms with Crippen molar-refractivity contribution in [2.75, 3.05) is 6.54 Å². The summed E-state index contributed by atoms with van der Waals surface area (Å²) in [4.78, 5) is 47.9. The average molecular weight is 503 g/mol. The van der Waals surface area contributed by atoms with Crippen LogP contribution in [0.4, 0.5) is 4.39 Å². The fourth-order valence-electron chi connectivity index (χ4n) is 4.36. The van der Waals surface area contributed by atoms with E-state index in [-0.39, 0.29) is 29.4 Å². The third-order valence-corrected chi connectivity index (χ3v) is 7.34. The second kappa shape index (κ2) is 10.7. The number of carboxylic acid groups (broad SMARTS) is 1. The summed E-state index contributed by atoms with van der Waals surface area (Å²) >= 11 is 1.47. The minimum atomic E-state index is -0.944. The zero-order valence-corrected chi connectivity index (χ0v) is 20.1. The number of ether oxygens (including phenoxy) is 1. The van der Waals surface area contributed by atoms with Crippen LogP contribution in [-0.4, -0.2) is 46.2 Å². The molecule has 1 aromatic carbocycles. The normalized spacial score (nSPS) is 20.2. The lowest BCUT2D eigenvalue weighted by atomic mass is 9.95. The third-order valence-electron chi connectivity index (χ3n) is 6.23. The molecule has 0 bridgehead atoms. The maximum absolute atomic E-state index is 14.4. The molecule has 2 fully saturated rings. The number of ketones is 1. The zero-order valence-electron chi connectivity index (χ0n) is 19.3. The maximum atomic E-state index is 14.4. The standard InChI is InChI=1S/C20H20FNO3S.C5H7NO3/c1-12(23)25-18-10-14-11-22(9-8-17(14)26-18)19(20(24)13-6-7-13)15-4-2-3-5-16(15)21;7-4-2-1-3(6-4)5(8)9/h2-5,10,13,19H,6-9,11H2,1H3;3H,1-2H2,(H,6,7)(H,8,9). The molecule has 0 radical (unpaired) electrons. The highest BCUT2D eigenvalue weighted by Crippen LogP contribution is 2.41. The van der Waals surface area contributed by atoms with Gasteiger partial charge in [0.2, 0.25) is 5.91 Å². The molecule has 1 saturated heterocycles. The molecule has 8 nitrogen and oxygen atoms in total. The number of thiophene rings is 1. The Morgan fingerprint density at radius 2 is 1.94 bits per heavy atom. The van der Waals surface area contributed by atoms with Gasteiger partial charge < -0.3 is 15.2 Å². The van der Waals surface area contributed by atoms with E-state index in [1.54, 1.807) is 18.2 Å². The van der Waals surface area contributed by atoms with Crippen LogP contribution in [0.25, 0.3) is 0 Å². The van der Waals surface area contributed by atoms with Crippen molar-refractivity contribution < 1.29 is 33.4 Å². The van der Waals surface area contributed by atoms with Gasteiger partial charge in [0.05, 0.1) is 6.04 Å². The van der Waals surface area contributed by atoms with Crippen molar-refractivity contribution in [2.45, 2.75) is 57.7 Å². The van der Waals surface area contributed by atoms with E-state index in [0.717, 1.165) is 24.8 Å². The van der Waals surface area contributed by atoms with Crippen molar-refractivity contribution in [3.63, 3.8) is 0 Å². The third kappa shape index (κ3) is 6.12. The molecule has 186 valence electrons. The lowest BCUT2D eigenvalue weighted by molar-refractivity contribution is -0.140. The van der Waals surface area contributed by atoms with Crippen LogP contribution >= 0.6 is 11.3 Å². The quantitative estimate of drug-likeness (QED) is 0.583. The number of amides is 1. The predicted octanol–water partition coefficient (Wildman–Crippen LogP) is 3.24. The van der Waals surface area contributed by atoms with E-state index in [4.69, 9.17) is 9.84 Å². The maximum Gasteiger partial charge on any atom is 0.326 e. The van der Waals surface area contributed by atoms with Crippen LogP contribution < -0.4 is 10.1 Å². The molecular weight excluding hydrogens is 475 g/mol. The van der Waals surface area contributed by atoms with Crippen molar-refractivity contribution in [3.8, 4) is 5.06 Å². The van der Waals surface area contributed by atoms with Gasteiger partial charge in [-0.2, -0.15) is 0 Å². The number of esters is 1. The number of benzene rings is 1. The Bertz CT molecular complexity index is 1140. The molecule has 2 atom stereocenters. The summed E-state index contributed by atoms with van der Waals surface area (Å²) in [6.45, 7) is 2.63. The number of aliphatic carboxylic acids is 1. The molecule has 1 amide bonds. The van der Waals surface area contributed by atoms with Gasteiger partial charge >= 0.3 is 11.9 Å². The molecule has 2 unspecified atom stereocenters. The van der Waals surface area contributed by atoms with E-state index in [9.17, 15) is 23.6 Å². The van der Waals surface area contributed by atoms with Gasteiger partial charge in [-0.15, -0.1) is 11.3 Å². The van der Waals surface area contributed by atoms with Crippen molar-refractivity contribution in [2.24, 2.45) is 5.92 Å². The topological polar surface area (TPSA) is 113 Å². The first-order chi connectivity index (χ1) is 16.7. The van der Waals surface area contributed by atoms with Gasteiger partial charge in [0.25, 0.3) is 0 Å². The van der Waals surface area contributed by atoms with E-state index in [1.807, 2.05) is 6.07 Å². The number of hydrogen-bond acceptors (Lipinski definition) is 7. The first-order valence-corrected chi connectivity index (χ1v) is 12.4. The van der Waals surface area contributed by atoms with Gasteiger partial charge in [0, 0.05) is 42.8 Å². The summed E-state index contributed by atoms with van der Waals surface area (Å²) in [5.41, 5.74) is 1.52. The largest absolute Gasteiger partial charge is 0.480 e. The molecule has 1 aliphatic carbocycles.